The van der Waals surface area contributed by atoms with E-state index in [1.54, 1.807) is 12.1 Å². The Balaban J connectivity index is 1.49. The van der Waals surface area contributed by atoms with Crippen molar-refractivity contribution >= 4 is 29.4 Å². The smallest absolute Gasteiger partial charge is 0.232 e. The van der Waals surface area contributed by atoms with Crippen molar-refractivity contribution in [1.29, 1.82) is 0 Å². The summed E-state index contributed by atoms with van der Waals surface area (Å²) in [6.45, 7) is 7.67. The minimum absolute atomic E-state index is 0.280. The van der Waals surface area contributed by atoms with Crippen LogP contribution < -0.4 is 20.0 Å². The summed E-state index contributed by atoms with van der Waals surface area (Å²) >= 11 is 6.02. The zero-order valence-electron chi connectivity index (χ0n) is 22.2. The van der Waals surface area contributed by atoms with Crippen molar-refractivity contribution < 1.29 is 5.11 Å². The van der Waals surface area contributed by atoms with Crippen molar-refractivity contribution in [3.05, 3.63) is 64.7 Å². The molecule has 198 valence electrons. The second kappa shape index (κ2) is 12.4. The molecule has 8 nitrogen and oxygen atoms in total. The fourth-order valence-corrected chi connectivity index (χ4v) is 4.77. The van der Waals surface area contributed by atoms with E-state index >= 15 is 0 Å². The molecule has 0 spiro atoms. The third kappa shape index (κ3) is 7.69. The lowest BCUT2D eigenvalue weighted by Crippen LogP contribution is -2.54. The van der Waals surface area contributed by atoms with Gasteiger partial charge in [-0.3, -0.25) is 0 Å². The van der Waals surface area contributed by atoms with Gasteiger partial charge in [-0.25, -0.2) is 0 Å². The van der Waals surface area contributed by atoms with Crippen molar-refractivity contribution in [3.63, 3.8) is 0 Å². The van der Waals surface area contributed by atoms with E-state index in [1.807, 2.05) is 38.4 Å². The van der Waals surface area contributed by atoms with Crippen LogP contribution in [0.15, 0.2) is 48.5 Å². The fourth-order valence-electron chi connectivity index (χ4n) is 4.65. The molecule has 1 aromatic heterocycles. The Hall–Kier alpha value is -3.10. The number of benzene rings is 2. The molecule has 2 atom stereocenters. The monoisotopic (exact) mass is 523 g/mol. The molecule has 2 heterocycles. The highest BCUT2D eigenvalue weighted by Gasteiger charge is 2.25. The van der Waals surface area contributed by atoms with Crippen LogP contribution in [0.3, 0.4) is 0 Å². The zero-order valence-corrected chi connectivity index (χ0v) is 23.0. The van der Waals surface area contributed by atoms with E-state index in [0.717, 1.165) is 62.0 Å². The lowest BCUT2D eigenvalue weighted by atomic mass is 10.1. The van der Waals surface area contributed by atoms with Gasteiger partial charge in [0, 0.05) is 57.4 Å². The number of phenols is 1. The number of nitrogens with one attached hydrogen (secondary N) is 1. The number of anilines is 3. The number of rotatable bonds is 10. The number of hydrogen-bond acceptors (Lipinski definition) is 8. The third-order valence-corrected chi connectivity index (χ3v) is 6.92. The molecule has 4 rings (SSSR count). The van der Waals surface area contributed by atoms with Gasteiger partial charge in [-0.1, -0.05) is 35.9 Å². The van der Waals surface area contributed by atoms with Crippen molar-refractivity contribution in [2.75, 3.05) is 55.0 Å². The standard InChI is InChI=1S/C28H38ClN7O/c1-20-18-36(19-21(2)30-20)28-32-26(34(3)16-5-6-22-7-11-24(29)12-8-22)31-27(33-28)35(4)17-15-23-9-13-25(37)14-10-23/h7-14,20-21,30,37H,5-6,15-19H2,1-4H3/t20-,21+. The Kier molecular flexibility index (Phi) is 9.05. The number of halogens is 1. The summed E-state index contributed by atoms with van der Waals surface area (Å²) in [5, 5.41) is 13.9. The van der Waals surface area contributed by atoms with Gasteiger partial charge in [0.2, 0.25) is 17.8 Å². The van der Waals surface area contributed by atoms with Crippen LogP contribution in [0.25, 0.3) is 0 Å². The molecule has 1 aliphatic heterocycles. The number of likely N-dealkylation sites (N-methyl/N-ethyl adjacent to an activating group) is 1. The van der Waals surface area contributed by atoms with Crippen LogP contribution in [0, 0.1) is 0 Å². The van der Waals surface area contributed by atoms with Crippen molar-refractivity contribution in [3.8, 4) is 5.75 Å². The first-order chi connectivity index (χ1) is 17.8. The number of nitrogens with zero attached hydrogens (tertiary/aromatic N) is 6. The predicted octanol–water partition coefficient (Wildman–Crippen LogP) is 4.17. The van der Waals surface area contributed by atoms with Crippen LogP contribution in [0.1, 0.15) is 31.4 Å². The number of aromatic nitrogens is 3. The summed E-state index contributed by atoms with van der Waals surface area (Å²) in [4.78, 5) is 21.1. The number of phenolic OH excluding ortho intramolecular Hbond substituents is 1. The number of hydrogen-bond donors (Lipinski definition) is 2. The van der Waals surface area contributed by atoms with Crippen molar-refractivity contribution in [2.45, 2.75) is 45.2 Å². The Morgan fingerprint density at radius 1 is 0.838 bits per heavy atom. The molecule has 0 radical (unpaired) electrons. The molecule has 0 amide bonds. The average molecular weight is 524 g/mol. The largest absolute Gasteiger partial charge is 0.508 e. The van der Waals surface area contributed by atoms with Crippen LogP contribution in [0.5, 0.6) is 5.75 Å². The second-order valence-electron chi connectivity index (χ2n) is 10.1. The van der Waals surface area contributed by atoms with Gasteiger partial charge in [-0.15, -0.1) is 0 Å². The molecule has 1 aliphatic rings. The first-order valence-corrected chi connectivity index (χ1v) is 13.4. The van der Waals surface area contributed by atoms with Gasteiger partial charge in [0.05, 0.1) is 0 Å². The molecule has 2 N–H and O–H groups in total. The molecular formula is C28H38ClN7O. The fraction of sp³-hybridized carbons (Fsp3) is 0.464. The summed E-state index contributed by atoms with van der Waals surface area (Å²) in [6, 6.07) is 16.1. The molecule has 1 fully saturated rings. The SMILES string of the molecule is C[C@@H]1CN(c2nc(N(C)CCCc3ccc(Cl)cc3)nc(N(C)CCc3ccc(O)cc3)n2)C[C@H](C)N1. The second-order valence-corrected chi connectivity index (χ2v) is 10.5. The molecule has 9 heteroatoms. The Morgan fingerprint density at radius 3 is 2.00 bits per heavy atom. The molecule has 0 unspecified atom stereocenters. The van der Waals surface area contributed by atoms with Gasteiger partial charge in [0.15, 0.2) is 0 Å². The molecule has 1 saturated heterocycles. The van der Waals surface area contributed by atoms with E-state index in [9.17, 15) is 5.11 Å². The number of aryl methyl sites for hydroxylation is 1. The highest BCUT2D eigenvalue weighted by Crippen LogP contribution is 2.21. The van der Waals surface area contributed by atoms with Crippen LogP contribution in [0.2, 0.25) is 5.02 Å². The van der Waals surface area contributed by atoms with Gasteiger partial charge in [-0.2, -0.15) is 15.0 Å². The van der Waals surface area contributed by atoms with E-state index in [0.29, 0.717) is 24.0 Å². The average Bonchev–Trinajstić information content (AvgIpc) is 2.88. The van der Waals surface area contributed by atoms with E-state index in [-0.39, 0.29) is 5.75 Å². The van der Waals surface area contributed by atoms with Gasteiger partial charge < -0.3 is 25.1 Å². The van der Waals surface area contributed by atoms with Crippen molar-refractivity contribution in [1.82, 2.24) is 20.3 Å². The van der Waals surface area contributed by atoms with Gasteiger partial charge >= 0.3 is 0 Å². The molecule has 0 saturated carbocycles. The van der Waals surface area contributed by atoms with E-state index in [2.05, 4.69) is 46.0 Å². The van der Waals surface area contributed by atoms with E-state index in [4.69, 9.17) is 26.6 Å². The molecular weight excluding hydrogens is 486 g/mol. The maximum absolute atomic E-state index is 9.57. The lowest BCUT2D eigenvalue weighted by Gasteiger charge is -2.36. The summed E-state index contributed by atoms with van der Waals surface area (Å²) in [6.07, 6.45) is 2.77. The van der Waals surface area contributed by atoms with Gasteiger partial charge in [0.25, 0.3) is 0 Å². The maximum atomic E-state index is 9.57. The van der Waals surface area contributed by atoms with Crippen LogP contribution >= 0.6 is 11.6 Å². The Labute approximate surface area is 225 Å². The molecule has 0 bridgehead atoms. The number of aromatic hydroxyl groups is 1. The van der Waals surface area contributed by atoms with E-state index < -0.39 is 0 Å². The van der Waals surface area contributed by atoms with Crippen molar-refractivity contribution in [2.24, 2.45) is 0 Å². The van der Waals surface area contributed by atoms with E-state index in [1.165, 1.54) is 5.56 Å². The van der Waals surface area contributed by atoms with Crippen LogP contribution in [0.4, 0.5) is 17.8 Å². The zero-order chi connectivity index (χ0) is 26.4. The first-order valence-electron chi connectivity index (χ1n) is 13.0. The van der Waals surface area contributed by atoms with Crippen LogP contribution in [-0.4, -0.2) is 72.4 Å². The Morgan fingerprint density at radius 2 is 1.38 bits per heavy atom. The van der Waals surface area contributed by atoms with Gasteiger partial charge in [-0.05, 0) is 68.5 Å². The summed E-state index contributed by atoms with van der Waals surface area (Å²) < 4.78 is 0. The first kappa shape index (κ1) is 26.9. The van der Waals surface area contributed by atoms with Gasteiger partial charge in [0.1, 0.15) is 5.75 Å². The Bertz CT molecular complexity index is 1130. The molecule has 37 heavy (non-hydrogen) atoms. The summed E-state index contributed by atoms with van der Waals surface area (Å²) in [7, 11) is 4.07. The predicted molar refractivity (Wildman–Crippen MR) is 152 cm³/mol. The number of piperazine rings is 1. The topological polar surface area (TPSA) is 80.7 Å². The molecule has 2 aromatic carbocycles. The quantitative estimate of drug-likeness (QED) is 0.410. The third-order valence-electron chi connectivity index (χ3n) is 6.67. The van der Waals surface area contributed by atoms with Crippen LogP contribution in [-0.2, 0) is 12.8 Å². The lowest BCUT2D eigenvalue weighted by molar-refractivity contribution is 0.403. The maximum Gasteiger partial charge on any atom is 0.232 e. The minimum atomic E-state index is 0.280. The highest BCUT2D eigenvalue weighted by molar-refractivity contribution is 6.30. The molecule has 0 aliphatic carbocycles. The summed E-state index contributed by atoms with van der Waals surface area (Å²) in [5.41, 5.74) is 2.43. The minimum Gasteiger partial charge on any atom is -0.508 e. The molecule has 3 aromatic rings. The highest BCUT2D eigenvalue weighted by atomic mass is 35.5. The summed E-state index contributed by atoms with van der Waals surface area (Å²) in [5.74, 6) is 2.36. The normalized spacial score (nSPS) is 17.6.